The van der Waals surface area contributed by atoms with Crippen molar-refractivity contribution in [3.8, 4) is 0 Å². The third-order valence-electron chi connectivity index (χ3n) is 5.63. The van der Waals surface area contributed by atoms with E-state index in [0.717, 1.165) is 54.7 Å². The number of nitrogens with one attached hydrogen (secondary N) is 1. The second-order valence-corrected chi connectivity index (χ2v) is 9.73. The van der Waals surface area contributed by atoms with Gasteiger partial charge >= 0.3 is 0 Å². The van der Waals surface area contributed by atoms with Crippen LogP contribution in [0.25, 0.3) is 10.1 Å². The fourth-order valence-electron chi connectivity index (χ4n) is 3.80. The first kappa shape index (κ1) is 21.9. The van der Waals surface area contributed by atoms with E-state index in [1.54, 1.807) is 11.5 Å². The number of rotatable bonds is 9. The summed E-state index contributed by atoms with van der Waals surface area (Å²) in [5.41, 5.74) is 0. The molecule has 1 aliphatic rings. The van der Waals surface area contributed by atoms with Gasteiger partial charge in [-0.05, 0) is 48.8 Å². The maximum Gasteiger partial charge on any atom is 0.220 e. The van der Waals surface area contributed by atoms with Gasteiger partial charge in [-0.1, -0.05) is 19.1 Å². The molecule has 0 bridgehead atoms. The lowest BCUT2D eigenvalue weighted by Crippen LogP contribution is -2.46. The van der Waals surface area contributed by atoms with Gasteiger partial charge in [0.15, 0.2) is 5.78 Å². The van der Waals surface area contributed by atoms with E-state index in [1.807, 2.05) is 19.1 Å². The number of amides is 1. The summed E-state index contributed by atoms with van der Waals surface area (Å²) in [6.07, 6.45) is 1.92. The zero-order chi connectivity index (χ0) is 21.6. The fourth-order valence-corrected chi connectivity index (χ4v) is 5.51. The minimum absolute atomic E-state index is 0.0318. The lowest BCUT2D eigenvalue weighted by atomic mass is 10.1. The van der Waals surface area contributed by atoms with Crippen LogP contribution in [0.15, 0.2) is 36.4 Å². The van der Waals surface area contributed by atoms with Crippen LogP contribution in [-0.2, 0) is 11.3 Å². The number of ketones is 1. The molecule has 0 spiro atoms. The van der Waals surface area contributed by atoms with Gasteiger partial charge in [-0.15, -0.1) is 11.3 Å². The zero-order valence-electron chi connectivity index (χ0n) is 17.8. The van der Waals surface area contributed by atoms with Crippen LogP contribution in [-0.4, -0.2) is 53.7 Å². The van der Waals surface area contributed by atoms with Crippen LogP contribution < -0.4 is 10.2 Å². The summed E-state index contributed by atoms with van der Waals surface area (Å²) in [5.74, 6) is 1.34. The number of aromatic nitrogens is 1. The first-order chi connectivity index (χ1) is 15.1. The van der Waals surface area contributed by atoms with Crippen molar-refractivity contribution in [2.75, 3.05) is 37.6 Å². The van der Waals surface area contributed by atoms with Gasteiger partial charge in [0.05, 0.1) is 16.1 Å². The van der Waals surface area contributed by atoms with Crippen molar-refractivity contribution in [1.29, 1.82) is 0 Å². The number of hydrogen-bond acceptors (Lipinski definition) is 7. The van der Waals surface area contributed by atoms with Gasteiger partial charge in [-0.3, -0.25) is 14.5 Å². The number of thiophene rings is 1. The van der Waals surface area contributed by atoms with Crippen molar-refractivity contribution in [3.05, 3.63) is 46.2 Å². The normalized spacial score (nSPS) is 14.8. The molecule has 0 aliphatic carbocycles. The molecule has 1 N–H and O–H groups in total. The number of hydrogen-bond donors (Lipinski definition) is 1. The Kier molecular flexibility index (Phi) is 7.32. The van der Waals surface area contributed by atoms with Crippen molar-refractivity contribution >= 4 is 50.5 Å². The Bertz CT molecular complexity index is 1040. The average Bonchev–Trinajstić information content (AvgIpc) is 3.45. The Morgan fingerprint density at radius 3 is 2.71 bits per heavy atom. The van der Waals surface area contributed by atoms with E-state index < -0.39 is 0 Å². The SMILES string of the molecule is CCC(=O)NCc1ccc(C(=O)CCCN2CCN(c3nsc4ccccc34)CC2)s1. The highest BCUT2D eigenvalue weighted by atomic mass is 32.1. The van der Waals surface area contributed by atoms with Crippen molar-refractivity contribution < 1.29 is 9.59 Å². The largest absolute Gasteiger partial charge is 0.353 e. The summed E-state index contributed by atoms with van der Waals surface area (Å²) in [4.78, 5) is 30.5. The van der Waals surface area contributed by atoms with Crippen LogP contribution in [0.2, 0.25) is 0 Å². The second-order valence-electron chi connectivity index (χ2n) is 7.75. The van der Waals surface area contributed by atoms with Gasteiger partial charge in [0.2, 0.25) is 5.91 Å². The summed E-state index contributed by atoms with van der Waals surface area (Å²) < 4.78 is 5.91. The summed E-state index contributed by atoms with van der Waals surface area (Å²) in [5, 5.41) is 4.10. The molecule has 0 saturated carbocycles. The van der Waals surface area contributed by atoms with Crippen LogP contribution in [0.5, 0.6) is 0 Å². The molecular formula is C23H28N4O2S2. The van der Waals surface area contributed by atoms with E-state index >= 15 is 0 Å². The monoisotopic (exact) mass is 456 g/mol. The highest BCUT2D eigenvalue weighted by molar-refractivity contribution is 7.14. The van der Waals surface area contributed by atoms with E-state index in [-0.39, 0.29) is 11.7 Å². The quantitative estimate of drug-likeness (QED) is 0.490. The van der Waals surface area contributed by atoms with Crippen molar-refractivity contribution in [2.24, 2.45) is 0 Å². The maximum absolute atomic E-state index is 12.5. The average molecular weight is 457 g/mol. The Morgan fingerprint density at radius 2 is 1.90 bits per heavy atom. The second kappa shape index (κ2) is 10.3. The Morgan fingerprint density at radius 1 is 1.10 bits per heavy atom. The number of carbonyl (C=O) groups excluding carboxylic acids is 2. The smallest absolute Gasteiger partial charge is 0.220 e. The summed E-state index contributed by atoms with van der Waals surface area (Å²) in [7, 11) is 0. The molecule has 6 nitrogen and oxygen atoms in total. The maximum atomic E-state index is 12.5. The third kappa shape index (κ3) is 5.50. The summed E-state index contributed by atoms with van der Waals surface area (Å²) in [6.45, 7) is 7.23. The molecule has 0 atom stereocenters. The number of Topliss-reactive ketones (excluding diaryl/α,β-unsaturated/α-hetero) is 1. The van der Waals surface area contributed by atoms with E-state index in [0.29, 0.717) is 19.4 Å². The molecule has 1 saturated heterocycles. The molecule has 8 heteroatoms. The van der Waals surface area contributed by atoms with Crippen molar-refractivity contribution in [1.82, 2.24) is 14.6 Å². The van der Waals surface area contributed by atoms with Gasteiger partial charge in [0, 0.05) is 49.3 Å². The summed E-state index contributed by atoms with van der Waals surface area (Å²) >= 11 is 3.06. The molecule has 3 heterocycles. The highest BCUT2D eigenvalue weighted by Crippen LogP contribution is 2.29. The molecule has 0 radical (unpaired) electrons. The van der Waals surface area contributed by atoms with Crippen molar-refractivity contribution in [3.63, 3.8) is 0 Å². The van der Waals surface area contributed by atoms with Gasteiger partial charge in [0.1, 0.15) is 5.82 Å². The molecule has 1 amide bonds. The molecule has 3 aromatic rings. The third-order valence-corrected chi connectivity index (χ3v) is 7.57. The number of piperazine rings is 1. The fraction of sp³-hybridized carbons (Fsp3) is 0.435. The highest BCUT2D eigenvalue weighted by Gasteiger charge is 2.20. The lowest BCUT2D eigenvalue weighted by Gasteiger charge is -2.35. The van der Waals surface area contributed by atoms with Gasteiger partial charge in [-0.25, -0.2) is 0 Å². The molecule has 31 heavy (non-hydrogen) atoms. The standard InChI is InChI=1S/C23H28N4O2S2/c1-2-22(29)24-16-17-9-10-21(30-17)19(28)7-5-11-26-12-14-27(15-13-26)23-18-6-3-4-8-20(18)31-25-23/h3-4,6,8-10H,2,5,7,11-16H2,1H3,(H,24,29). The van der Waals surface area contributed by atoms with E-state index in [1.165, 1.54) is 21.4 Å². The predicted octanol–water partition coefficient (Wildman–Crippen LogP) is 4.17. The molecule has 0 unspecified atom stereocenters. The zero-order valence-corrected chi connectivity index (χ0v) is 19.4. The first-order valence-electron chi connectivity index (χ1n) is 10.8. The van der Waals surface area contributed by atoms with Crippen LogP contribution in [0.4, 0.5) is 5.82 Å². The van der Waals surface area contributed by atoms with Crippen LogP contribution in [0.3, 0.4) is 0 Å². The lowest BCUT2D eigenvalue weighted by molar-refractivity contribution is -0.120. The predicted molar refractivity (Wildman–Crippen MR) is 128 cm³/mol. The summed E-state index contributed by atoms with van der Waals surface area (Å²) in [6, 6.07) is 12.2. The Balaban J connectivity index is 1.19. The molecule has 1 fully saturated rings. The van der Waals surface area contributed by atoms with Gasteiger partial charge < -0.3 is 10.2 Å². The molecule has 1 aromatic carbocycles. The van der Waals surface area contributed by atoms with E-state index in [9.17, 15) is 9.59 Å². The van der Waals surface area contributed by atoms with Gasteiger partial charge in [-0.2, -0.15) is 4.37 Å². The molecule has 164 valence electrons. The van der Waals surface area contributed by atoms with Crippen molar-refractivity contribution in [2.45, 2.75) is 32.7 Å². The Hall–Kier alpha value is -2.29. The minimum Gasteiger partial charge on any atom is -0.353 e. The minimum atomic E-state index is 0.0318. The number of anilines is 1. The first-order valence-corrected chi connectivity index (χ1v) is 12.4. The number of nitrogens with zero attached hydrogens (tertiary/aromatic N) is 3. The molecule has 1 aliphatic heterocycles. The molecular weight excluding hydrogens is 428 g/mol. The van der Waals surface area contributed by atoms with E-state index in [2.05, 4.69) is 43.8 Å². The molecule has 2 aromatic heterocycles. The van der Waals surface area contributed by atoms with Crippen LogP contribution >= 0.6 is 22.9 Å². The van der Waals surface area contributed by atoms with Crippen LogP contribution in [0, 0.1) is 0 Å². The topological polar surface area (TPSA) is 65.5 Å². The number of benzene rings is 1. The Labute approximate surface area is 191 Å². The van der Waals surface area contributed by atoms with Gasteiger partial charge in [0.25, 0.3) is 0 Å². The number of fused-ring (bicyclic) bond motifs is 1. The molecule has 4 rings (SSSR count). The van der Waals surface area contributed by atoms with E-state index in [4.69, 9.17) is 0 Å². The number of carbonyl (C=O) groups is 2. The van der Waals surface area contributed by atoms with Crippen LogP contribution in [0.1, 0.15) is 40.7 Å².